The van der Waals surface area contributed by atoms with Gasteiger partial charge >= 0.3 is 0 Å². The molecule has 0 spiro atoms. The van der Waals surface area contributed by atoms with Crippen LogP contribution in [-0.4, -0.2) is 5.91 Å². The summed E-state index contributed by atoms with van der Waals surface area (Å²) in [5.41, 5.74) is 9.94. The Kier molecular flexibility index (Phi) is 4.42. The molecule has 0 aliphatic carbocycles. The minimum absolute atomic E-state index is 0.209. The van der Waals surface area contributed by atoms with Crippen molar-refractivity contribution < 1.29 is 4.79 Å². The molecule has 2 rings (SSSR count). The normalized spacial score (nSPS) is 10.9. The molecule has 0 aliphatic rings. The second-order valence-corrected chi connectivity index (χ2v) is 6.17. The second-order valence-electron chi connectivity index (χ2n) is 6.17. The van der Waals surface area contributed by atoms with Gasteiger partial charge in [-0.15, -0.1) is 0 Å². The maximum absolute atomic E-state index is 12.5. The van der Waals surface area contributed by atoms with Crippen molar-refractivity contribution in [2.75, 3.05) is 11.1 Å². The van der Waals surface area contributed by atoms with Crippen LogP contribution >= 0.6 is 0 Å². The van der Waals surface area contributed by atoms with E-state index in [0.29, 0.717) is 16.9 Å². The monoisotopic (exact) mass is 307 g/mol. The Bertz CT molecular complexity index is 801. The number of anilines is 2. The molecule has 1 amide bonds. The molecule has 0 aliphatic heterocycles. The van der Waals surface area contributed by atoms with E-state index in [1.54, 1.807) is 18.2 Å². The molecule has 0 unspecified atom stereocenters. The number of nitrogen functional groups attached to an aromatic ring is 1. The molecule has 0 fully saturated rings. The number of hydrogen-bond donors (Lipinski definition) is 2. The molecule has 4 heteroatoms. The summed E-state index contributed by atoms with van der Waals surface area (Å²) in [6.07, 6.45) is 0. The highest BCUT2D eigenvalue weighted by atomic mass is 16.1. The standard InChI is InChI=1S/C19H21N3O/c1-12-9-10-16(13(2)17(12)20)22-18(23)14-7-6-8-15(11-14)19(3,4)21-5/h6-11H,20H2,1-4H3,(H,22,23). The van der Waals surface area contributed by atoms with Gasteiger partial charge in [-0.2, -0.15) is 0 Å². The van der Waals surface area contributed by atoms with E-state index in [-0.39, 0.29) is 5.91 Å². The van der Waals surface area contributed by atoms with E-state index in [2.05, 4.69) is 10.2 Å². The summed E-state index contributed by atoms with van der Waals surface area (Å²) in [7, 11) is 0. The van der Waals surface area contributed by atoms with Crippen LogP contribution in [0.3, 0.4) is 0 Å². The number of nitrogens with zero attached hydrogens (tertiary/aromatic N) is 1. The number of carbonyl (C=O) groups is 1. The zero-order valence-electron chi connectivity index (χ0n) is 13.9. The molecule has 2 aromatic rings. The Labute approximate surface area is 137 Å². The number of hydrogen-bond acceptors (Lipinski definition) is 2. The Balaban J connectivity index is 2.31. The molecular formula is C19H21N3O. The number of aryl methyl sites for hydroxylation is 1. The quantitative estimate of drug-likeness (QED) is 0.656. The van der Waals surface area contributed by atoms with Gasteiger partial charge in [-0.1, -0.05) is 18.2 Å². The zero-order valence-corrected chi connectivity index (χ0v) is 13.9. The van der Waals surface area contributed by atoms with Crippen LogP contribution in [0.5, 0.6) is 0 Å². The largest absolute Gasteiger partial charge is 0.398 e. The lowest BCUT2D eigenvalue weighted by Crippen LogP contribution is -2.16. The van der Waals surface area contributed by atoms with Crippen molar-refractivity contribution in [1.29, 1.82) is 0 Å². The lowest BCUT2D eigenvalue weighted by molar-refractivity contribution is 0.102. The lowest BCUT2D eigenvalue weighted by atomic mass is 9.93. The predicted octanol–water partition coefficient (Wildman–Crippen LogP) is 4.29. The van der Waals surface area contributed by atoms with Crippen LogP contribution < -0.4 is 11.1 Å². The first-order chi connectivity index (χ1) is 10.8. The Hall–Kier alpha value is -2.80. The number of nitrogens with one attached hydrogen (secondary N) is 1. The average molecular weight is 307 g/mol. The van der Waals surface area contributed by atoms with Crippen LogP contribution in [0.2, 0.25) is 0 Å². The summed E-state index contributed by atoms with van der Waals surface area (Å²) in [4.78, 5) is 16.1. The van der Waals surface area contributed by atoms with Crippen molar-refractivity contribution in [3.05, 3.63) is 70.1 Å². The fraction of sp³-hybridized carbons (Fsp3) is 0.263. The fourth-order valence-electron chi connectivity index (χ4n) is 2.30. The fourth-order valence-corrected chi connectivity index (χ4v) is 2.30. The van der Waals surface area contributed by atoms with Crippen LogP contribution in [0.25, 0.3) is 4.85 Å². The topological polar surface area (TPSA) is 59.5 Å². The van der Waals surface area contributed by atoms with Crippen molar-refractivity contribution in [2.24, 2.45) is 0 Å². The van der Waals surface area contributed by atoms with Gasteiger partial charge in [0.1, 0.15) is 0 Å². The van der Waals surface area contributed by atoms with Crippen molar-refractivity contribution in [2.45, 2.75) is 33.2 Å². The van der Waals surface area contributed by atoms with E-state index in [1.165, 1.54) is 0 Å². The van der Waals surface area contributed by atoms with Gasteiger partial charge in [0, 0.05) is 36.3 Å². The van der Waals surface area contributed by atoms with Crippen LogP contribution in [0.1, 0.15) is 40.9 Å². The van der Waals surface area contributed by atoms with Crippen LogP contribution in [0.15, 0.2) is 36.4 Å². The molecule has 0 heterocycles. The van der Waals surface area contributed by atoms with Gasteiger partial charge < -0.3 is 15.9 Å². The number of amides is 1. The second kappa shape index (κ2) is 6.13. The number of nitrogens with two attached hydrogens (primary N) is 1. The molecule has 2 aromatic carbocycles. The van der Waals surface area contributed by atoms with Crippen molar-refractivity contribution in [3.63, 3.8) is 0 Å². The Morgan fingerprint density at radius 3 is 2.57 bits per heavy atom. The van der Waals surface area contributed by atoms with Gasteiger partial charge in [0.15, 0.2) is 0 Å². The van der Waals surface area contributed by atoms with E-state index in [4.69, 9.17) is 12.3 Å². The minimum atomic E-state index is -0.652. The van der Waals surface area contributed by atoms with Crippen molar-refractivity contribution in [3.8, 4) is 0 Å². The highest BCUT2D eigenvalue weighted by Crippen LogP contribution is 2.27. The number of carbonyl (C=O) groups excluding carboxylic acids is 1. The Morgan fingerprint density at radius 2 is 1.91 bits per heavy atom. The van der Waals surface area contributed by atoms with Gasteiger partial charge in [0.25, 0.3) is 11.4 Å². The van der Waals surface area contributed by atoms with Crippen molar-refractivity contribution in [1.82, 2.24) is 0 Å². The summed E-state index contributed by atoms with van der Waals surface area (Å²) >= 11 is 0. The highest BCUT2D eigenvalue weighted by Gasteiger charge is 2.26. The molecule has 0 saturated carbocycles. The summed E-state index contributed by atoms with van der Waals surface area (Å²) in [5.74, 6) is -0.209. The molecule has 4 nitrogen and oxygen atoms in total. The van der Waals surface area contributed by atoms with Gasteiger partial charge in [-0.25, -0.2) is 6.57 Å². The van der Waals surface area contributed by atoms with E-state index in [0.717, 1.165) is 16.7 Å². The molecular weight excluding hydrogens is 286 g/mol. The lowest BCUT2D eigenvalue weighted by Gasteiger charge is -2.14. The van der Waals surface area contributed by atoms with Gasteiger partial charge in [-0.05, 0) is 43.2 Å². The first-order valence-electron chi connectivity index (χ1n) is 7.42. The first-order valence-corrected chi connectivity index (χ1v) is 7.42. The van der Waals surface area contributed by atoms with Gasteiger partial charge in [0.2, 0.25) is 0 Å². The third-order valence-electron chi connectivity index (χ3n) is 4.09. The molecule has 0 saturated heterocycles. The number of rotatable bonds is 3. The Morgan fingerprint density at radius 1 is 1.22 bits per heavy atom. The van der Waals surface area contributed by atoms with Gasteiger partial charge in [-0.3, -0.25) is 4.79 Å². The van der Waals surface area contributed by atoms with E-state index in [1.807, 2.05) is 45.9 Å². The SMILES string of the molecule is [C-]#[N+]C(C)(C)c1cccc(C(=O)Nc2ccc(C)c(N)c2C)c1. The first kappa shape index (κ1) is 16.6. The van der Waals surface area contributed by atoms with E-state index in [9.17, 15) is 4.79 Å². The predicted molar refractivity (Wildman–Crippen MR) is 94.4 cm³/mol. The number of benzene rings is 2. The summed E-state index contributed by atoms with van der Waals surface area (Å²) in [6.45, 7) is 14.8. The molecule has 0 bridgehead atoms. The van der Waals surface area contributed by atoms with Crippen LogP contribution in [-0.2, 0) is 5.54 Å². The molecule has 0 radical (unpaired) electrons. The molecule has 23 heavy (non-hydrogen) atoms. The minimum Gasteiger partial charge on any atom is -0.398 e. The summed E-state index contributed by atoms with van der Waals surface area (Å²) in [6, 6.07) is 10.9. The molecule has 0 atom stereocenters. The summed E-state index contributed by atoms with van der Waals surface area (Å²) in [5, 5.41) is 2.89. The maximum atomic E-state index is 12.5. The summed E-state index contributed by atoms with van der Waals surface area (Å²) < 4.78 is 0. The third kappa shape index (κ3) is 3.35. The van der Waals surface area contributed by atoms with Gasteiger partial charge in [0.05, 0.1) is 0 Å². The molecule has 3 N–H and O–H groups in total. The van der Waals surface area contributed by atoms with Crippen LogP contribution in [0.4, 0.5) is 11.4 Å². The molecule has 0 aromatic heterocycles. The highest BCUT2D eigenvalue weighted by molar-refractivity contribution is 6.05. The van der Waals surface area contributed by atoms with E-state index >= 15 is 0 Å². The maximum Gasteiger partial charge on any atom is 0.255 e. The van der Waals surface area contributed by atoms with Crippen molar-refractivity contribution >= 4 is 17.3 Å². The third-order valence-corrected chi connectivity index (χ3v) is 4.09. The van der Waals surface area contributed by atoms with Crippen LogP contribution in [0, 0.1) is 20.4 Å². The average Bonchev–Trinajstić information content (AvgIpc) is 2.55. The van der Waals surface area contributed by atoms with E-state index < -0.39 is 5.54 Å². The smallest absolute Gasteiger partial charge is 0.255 e. The zero-order chi connectivity index (χ0) is 17.2. The molecule has 118 valence electrons.